The number of likely N-dealkylation sites (tertiary alicyclic amines) is 1. The molecule has 4 nitrogen and oxygen atoms in total. The first-order valence-electron chi connectivity index (χ1n) is 8.45. The van der Waals surface area contributed by atoms with Crippen molar-refractivity contribution < 1.29 is 0 Å². The summed E-state index contributed by atoms with van der Waals surface area (Å²) in [6, 6.07) is 11.4. The van der Waals surface area contributed by atoms with Crippen molar-refractivity contribution in [2.24, 2.45) is 0 Å². The highest BCUT2D eigenvalue weighted by molar-refractivity contribution is 5.90. The van der Waals surface area contributed by atoms with Crippen LogP contribution in [0.15, 0.2) is 42.9 Å². The zero-order chi connectivity index (χ0) is 15.6. The SMILES string of the molecule is C[C@H](c1ccc(-c2ncnc3[nH]ccc23)cc1)N1CCCCC1. The van der Waals surface area contributed by atoms with Crippen LogP contribution in [0.4, 0.5) is 0 Å². The molecule has 1 aliphatic rings. The van der Waals surface area contributed by atoms with Gasteiger partial charge in [0.1, 0.15) is 12.0 Å². The fraction of sp³-hybridized carbons (Fsp3) is 0.368. The van der Waals surface area contributed by atoms with Crippen LogP contribution in [-0.4, -0.2) is 32.9 Å². The lowest BCUT2D eigenvalue weighted by molar-refractivity contribution is 0.175. The van der Waals surface area contributed by atoms with Crippen molar-refractivity contribution in [3.8, 4) is 11.3 Å². The minimum Gasteiger partial charge on any atom is -0.346 e. The van der Waals surface area contributed by atoms with Crippen molar-refractivity contribution in [3.63, 3.8) is 0 Å². The summed E-state index contributed by atoms with van der Waals surface area (Å²) in [5.41, 5.74) is 4.41. The molecule has 1 N–H and O–H groups in total. The molecule has 0 unspecified atom stereocenters. The fourth-order valence-electron chi connectivity index (χ4n) is 3.54. The number of nitrogens with one attached hydrogen (secondary N) is 1. The highest BCUT2D eigenvalue weighted by Gasteiger charge is 2.18. The smallest absolute Gasteiger partial charge is 0.141 e. The van der Waals surface area contributed by atoms with Crippen LogP contribution in [-0.2, 0) is 0 Å². The van der Waals surface area contributed by atoms with E-state index in [1.165, 1.54) is 37.9 Å². The third-order valence-electron chi connectivity index (χ3n) is 4.96. The number of hydrogen-bond acceptors (Lipinski definition) is 3. The maximum Gasteiger partial charge on any atom is 0.141 e. The molecular formula is C19H22N4. The Labute approximate surface area is 136 Å². The van der Waals surface area contributed by atoms with Gasteiger partial charge in [-0.2, -0.15) is 0 Å². The third kappa shape index (κ3) is 2.75. The maximum absolute atomic E-state index is 4.47. The van der Waals surface area contributed by atoms with Gasteiger partial charge in [-0.1, -0.05) is 30.7 Å². The van der Waals surface area contributed by atoms with Gasteiger partial charge in [0.05, 0.1) is 5.69 Å². The van der Waals surface area contributed by atoms with Crippen LogP contribution in [0.2, 0.25) is 0 Å². The van der Waals surface area contributed by atoms with Crippen LogP contribution in [0.5, 0.6) is 0 Å². The molecule has 23 heavy (non-hydrogen) atoms. The normalized spacial score (nSPS) is 17.4. The van der Waals surface area contributed by atoms with Crippen LogP contribution in [0.25, 0.3) is 22.3 Å². The largest absolute Gasteiger partial charge is 0.346 e. The van der Waals surface area contributed by atoms with Crippen LogP contribution in [0.1, 0.15) is 37.8 Å². The van der Waals surface area contributed by atoms with E-state index in [4.69, 9.17) is 0 Å². The summed E-state index contributed by atoms with van der Waals surface area (Å²) in [6.07, 6.45) is 7.57. The first-order valence-corrected chi connectivity index (χ1v) is 8.45. The molecule has 1 aromatic carbocycles. The molecule has 3 heterocycles. The summed E-state index contributed by atoms with van der Waals surface area (Å²) >= 11 is 0. The second kappa shape index (κ2) is 6.13. The Morgan fingerprint density at radius 2 is 1.78 bits per heavy atom. The predicted octanol–water partition coefficient (Wildman–Crippen LogP) is 4.17. The molecular weight excluding hydrogens is 284 g/mol. The standard InChI is InChI=1S/C19H22N4/c1-14(23-11-3-2-4-12-23)15-5-7-16(8-6-15)18-17-9-10-20-19(17)22-13-21-18/h5-10,13-14H,2-4,11-12H2,1H3,(H,20,21,22)/t14-/m1/s1. The number of rotatable bonds is 3. The highest BCUT2D eigenvalue weighted by atomic mass is 15.2. The van der Waals surface area contributed by atoms with E-state index >= 15 is 0 Å². The summed E-state index contributed by atoms with van der Waals surface area (Å²) in [5, 5.41) is 1.07. The van der Waals surface area contributed by atoms with E-state index in [1.54, 1.807) is 6.33 Å². The minimum absolute atomic E-state index is 0.488. The Hall–Kier alpha value is -2.20. The summed E-state index contributed by atoms with van der Waals surface area (Å²) in [4.78, 5) is 14.5. The van der Waals surface area contributed by atoms with Crippen LogP contribution in [0.3, 0.4) is 0 Å². The Bertz CT molecular complexity index is 784. The minimum atomic E-state index is 0.488. The average molecular weight is 306 g/mol. The van der Waals surface area contributed by atoms with E-state index in [-0.39, 0.29) is 0 Å². The van der Waals surface area contributed by atoms with Crippen molar-refractivity contribution in [2.45, 2.75) is 32.2 Å². The molecule has 1 atom stereocenters. The highest BCUT2D eigenvalue weighted by Crippen LogP contribution is 2.28. The van der Waals surface area contributed by atoms with E-state index in [0.29, 0.717) is 6.04 Å². The van der Waals surface area contributed by atoms with Crippen molar-refractivity contribution >= 4 is 11.0 Å². The lowest BCUT2D eigenvalue weighted by atomic mass is 10.0. The Morgan fingerprint density at radius 1 is 1.00 bits per heavy atom. The number of fused-ring (bicyclic) bond motifs is 1. The summed E-state index contributed by atoms with van der Waals surface area (Å²) in [6.45, 7) is 4.76. The van der Waals surface area contributed by atoms with Crippen LogP contribution in [0, 0.1) is 0 Å². The van der Waals surface area contributed by atoms with Gasteiger partial charge in [0.2, 0.25) is 0 Å². The Morgan fingerprint density at radius 3 is 2.57 bits per heavy atom. The van der Waals surface area contributed by atoms with Gasteiger partial charge < -0.3 is 4.98 Å². The quantitative estimate of drug-likeness (QED) is 0.790. The van der Waals surface area contributed by atoms with E-state index in [1.807, 2.05) is 12.3 Å². The van der Waals surface area contributed by atoms with Crippen LogP contribution < -0.4 is 0 Å². The fourth-order valence-corrected chi connectivity index (χ4v) is 3.54. The van der Waals surface area contributed by atoms with Crippen molar-refractivity contribution in [1.29, 1.82) is 0 Å². The molecule has 0 amide bonds. The number of benzene rings is 1. The van der Waals surface area contributed by atoms with Gasteiger partial charge in [0, 0.05) is 23.2 Å². The summed E-state index contributed by atoms with van der Waals surface area (Å²) in [7, 11) is 0. The van der Waals surface area contributed by atoms with Crippen molar-refractivity contribution in [3.05, 3.63) is 48.4 Å². The third-order valence-corrected chi connectivity index (χ3v) is 4.96. The van der Waals surface area contributed by atoms with E-state index in [2.05, 4.69) is 51.0 Å². The zero-order valence-electron chi connectivity index (χ0n) is 13.5. The van der Waals surface area contributed by atoms with Gasteiger partial charge in [0.25, 0.3) is 0 Å². The maximum atomic E-state index is 4.47. The second-order valence-corrected chi connectivity index (χ2v) is 6.36. The molecule has 1 aliphatic heterocycles. The molecule has 0 aliphatic carbocycles. The summed E-state index contributed by atoms with van der Waals surface area (Å²) in [5.74, 6) is 0. The average Bonchev–Trinajstić information content (AvgIpc) is 3.11. The molecule has 0 bridgehead atoms. The van der Waals surface area contributed by atoms with Gasteiger partial charge in [-0.25, -0.2) is 9.97 Å². The molecule has 2 aromatic heterocycles. The Balaban J connectivity index is 1.61. The number of aromatic nitrogens is 3. The molecule has 0 spiro atoms. The van der Waals surface area contributed by atoms with Gasteiger partial charge in [-0.15, -0.1) is 0 Å². The van der Waals surface area contributed by atoms with E-state index in [9.17, 15) is 0 Å². The molecule has 1 saturated heterocycles. The second-order valence-electron chi connectivity index (χ2n) is 6.36. The molecule has 4 rings (SSSR count). The van der Waals surface area contributed by atoms with Crippen LogP contribution >= 0.6 is 0 Å². The number of H-pyrrole nitrogens is 1. The van der Waals surface area contributed by atoms with Gasteiger partial charge >= 0.3 is 0 Å². The van der Waals surface area contributed by atoms with E-state index in [0.717, 1.165) is 22.3 Å². The van der Waals surface area contributed by atoms with Gasteiger partial charge in [-0.3, -0.25) is 4.90 Å². The zero-order valence-corrected chi connectivity index (χ0v) is 13.5. The monoisotopic (exact) mass is 306 g/mol. The number of nitrogens with zero attached hydrogens (tertiary/aromatic N) is 3. The number of piperidine rings is 1. The topological polar surface area (TPSA) is 44.8 Å². The summed E-state index contributed by atoms with van der Waals surface area (Å²) < 4.78 is 0. The predicted molar refractivity (Wildman–Crippen MR) is 93.2 cm³/mol. The molecule has 0 radical (unpaired) electrons. The lowest BCUT2D eigenvalue weighted by Crippen LogP contribution is -2.32. The molecule has 3 aromatic rings. The molecule has 0 saturated carbocycles. The van der Waals surface area contributed by atoms with Crippen molar-refractivity contribution in [1.82, 2.24) is 19.9 Å². The lowest BCUT2D eigenvalue weighted by Gasteiger charge is -2.32. The first kappa shape index (κ1) is 14.4. The van der Waals surface area contributed by atoms with E-state index < -0.39 is 0 Å². The first-order chi connectivity index (χ1) is 11.3. The molecule has 4 heteroatoms. The van der Waals surface area contributed by atoms with Gasteiger partial charge in [0.15, 0.2) is 0 Å². The molecule has 1 fully saturated rings. The van der Waals surface area contributed by atoms with Gasteiger partial charge in [-0.05, 0) is 44.5 Å². The number of aromatic amines is 1. The number of hydrogen-bond donors (Lipinski definition) is 1. The van der Waals surface area contributed by atoms with Crippen molar-refractivity contribution in [2.75, 3.05) is 13.1 Å². The Kier molecular flexibility index (Phi) is 3.83. The molecule has 118 valence electrons.